The third kappa shape index (κ3) is 20.0. The van der Waals surface area contributed by atoms with Crippen molar-refractivity contribution in [3.63, 3.8) is 0 Å². The summed E-state index contributed by atoms with van der Waals surface area (Å²) in [6.07, 6.45) is 43.0. The van der Waals surface area contributed by atoms with Gasteiger partial charge in [0.05, 0.1) is 30.8 Å². The fraction of sp³-hybridized carbons (Fsp3) is 0.703. The van der Waals surface area contributed by atoms with E-state index in [1.165, 1.54) is 154 Å². The van der Waals surface area contributed by atoms with Crippen LogP contribution in [0.5, 0.6) is 17.2 Å². The lowest BCUT2D eigenvalue weighted by molar-refractivity contribution is -0.438. The second kappa shape index (κ2) is 35.2. The van der Waals surface area contributed by atoms with Gasteiger partial charge in [0.2, 0.25) is 11.4 Å². The molecule has 1 heterocycles. The summed E-state index contributed by atoms with van der Waals surface area (Å²) in [6, 6.07) is 8.96. The number of benzene rings is 2. The number of hydrogen-bond donors (Lipinski definition) is 1. The number of fused-ring (bicyclic) bond motifs is 1. The van der Waals surface area contributed by atoms with Gasteiger partial charge in [0.1, 0.15) is 6.54 Å². The Hall–Kier alpha value is -4.07. The van der Waals surface area contributed by atoms with Gasteiger partial charge in [0.15, 0.2) is 23.0 Å². The molecule has 8 heteroatoms. The lowest BCUT2D eigenvalue weighted by Crippen LogP contribution is -2.34. The lowest BCUT2D eigenvalue weighted by Gasteiger charge is -2.31. The van der Waals surface area contributed by atoms with Crippen LogP contribution >= 0.6 is 0 Å². The van der Waals surface area contributed by atoms with Crippen molar-refractivity contribution in [2.75, 3.05) is 26.4 Å². The van der Waals surface area contributed by atoms with Gasteiger partial charge >= 0.3 is 5.97 Å². The fourth-order valence-corrected chi connectivity index (χ4v) is 10.5. The minimum Gasteiger partial charge on any atom is -0.871 e. The highest BCUT2D eigenvalue weighted by molar-refractivity contribution is 6.40. The van der Waals surface area contributed by atoms with Crippen LogP contribution in [0.1, 0.15) is 281 Å². The van der Waals surface area contributed by atoms with Gasteiger partial charge in [-0.1, -0.05) is 220 Å². The molecule has 1 aliphatic carbocycles. The van der Waals surface area contributed by atoms with E-state index in [0.717, 1.165) is 81.2 Å². The average molecular weight is 997 g/mol. The van der Waals surface area contributed by atoms with Gasteiger partial charge in [0.25, 0.3) is 0 Å². The van der Waals surface area contributed by atoms with Crippen LogP contribution in [0.3, 0.4) is 0 Å². The van der Waals surface area contributed by atoms with Crippen LogP contribution in [0.15, 0.2) is 47.7 Å². The Morgan fingerprint density at radius 1 is 0.556 bits per heavy atom. The van der Waals surface area contributed by atoms with Gasteiger partial charge in [-0.05, 0) is 69.4 Å². The van der Waals surface area contributed by atoms with Crippen LogP contribution in [-0.4, -0.2) is 53.5 Å². The number of carbonyl (C=O) groups is 2. The molecule has 2 aromatic carbocycles. The molecule has 0 radical (unpaired) electrons. The zero-order valence-electron chi connectivity index (χ0n) is 46.7. The van der Waals surface area contributed by atoms with Gasteiger partial charge in [-0.3, -0.25) is 4.79 Å². The first-order chi connectivity index (χ1) is 35.1. The Balaban J connectivity index is 1.60. The van der Waals surface area contributed by atoms with Gasteiger partial charge in [-0.15, -0.1) is 0 Å². The van der Waals surface area contributed by atoms with E-state index in [2.05, 4.69) is 46.1 Å². The van der Waals surface area contributed by atoms with Gasteiger partial charge in [0, 0.05) is 35.3 Å². The first-order valence-electron chi connectivity index (χ1n) is 29.9. The van der Waals surface area contributed by atoms with Crippen LogP contribution in [0.4, 0.5) is 5.69 Å². The molecular weight excluding hydrogens is 895 g/mol. The quantitative estimate of drug-likeness (QED) is 0.0400. The SMILES string of the molecule is CCCCCCCCCCCCOc1cc(C2=C([O-])C(=CC3=[N+](CCCCCC)c4ccc(C(=O)O)cc4C3(C)C)C2=O)cc(OCCCCCCCCCCCC)c1OCCCCCCCCCCCC. The number of aromatic carboxylic acids is 1. The maximum atomic E-state index is 14.5. The topological polar surface area (TPSA) is 108 Å². The molecule has 4 rings (SSSR count). The molecule has 0 fully saturated rings. The van der Waals surface area contributed by atoms with E-state index in [-0.39, 0.29) is 28.3 Å². The normalized spacial score (nSPS) is 14.6. The number of Topliss-reactive ketones (excluding diaryl/α,β-unsaturated/α-hetero) is 1. The van der Waals surface area contributed by atoms with Crippen molar-refractivity contribution in [1.82, 2.24) is 0 Å². The Kier molecular flexibility index (Phi) is 29.6. The highest BCUT2D eigenvalue weighted by Crippen LogP contribution is 2.46. The molecule has 0 unspecified atom stereocenters. The van der Waals surface area contributed by atoms with E-state index < -0.39 is 11.4 Å². The van der Waals surface area contributed by atoms with Crippen molar-refractivity contribution in [3.05, 3.63) is 64.4 Å². The second-order valence-corrected chi connectivity index (χ2v) is 21.7. The lowest BCUT2D eigenvalue weighted by atomic mass is 9.77. The van der Waals surface area contributed by atoms with Gasteiger partial charge in [-0.2, -0.15) is 4.58 Å². The smallest absolute Gasteiger partial charge is 0.335 e. The highest BCUT2D eigenvalue weighted by Gasteiger charge is 2.46. The van der Waals surface area contributed by atoms with E-state index in [0.29, 0.717) is 49.2 Å². The molecule has 0 spiro atoms. The van der Waals surface area contributed by atoms with E-state index >= 15 is 0 Å². The van der Waals surface area contributed by atoms with E-state index in [1.54, 1.807) is 18.2 Å². The zero-order chi connectivity index (χ0) is 51.8. The zero-order valence-corrected chi connectivity index (χ0v) is 46.7. The summed E-state index contributed by atoms with van der Waals surface area (Å²) < 4.78 is 22.1. The first-order valence-corrected chi connectivity index (χ1v) is 29.9. The van der Waals surface area contributed by atoms with Crippen LogP contribution < -0.4 is 19.3 Å². The monoisotopic (exact) mass is 996 g/mol. The number of hydrogen-bond acceptors (Lipinski definition) is 6. The van der Waals surface area contributed by atoms with Crippen molar-refractivity contribution in [2.24, 2.45) is 0 Å². The molecule has 2 aliphatic rings. The number of ether oxygens (including phenoxy) is 3. The molecule has 0 aromatic heterocycles. The number of allylic oxidation sites excluding steroid dienone is 3. The second-order valence-electron chi connectivity index (χ2n) is 21.7. The standard InChI is InChI=1S/C64H101NO7/c1-7-11-15-19-22-25-28-31-34-38-44-70-56-48-52(49-57(71-45-39-35-32-29-26-23-20-16-12-8-2)62(56)72-46-40-36-33-30-27-24-21-17-13-9-3)59-60(66)53(61(59)67)50-58-64(5,6)54-47-51(63(68)69)41-42-55(54)65(58)43-37-18-14-10-4/h41-42,47-50H,7-40,43-46H2,1-6H3,(H-,66,67,68,69). The summed E-state index contributed by atoms with van der Waals surface area (Å²) in [6.45, 7) is 15.4. The predicted octanol–water partition coefficient (Wildman–Crippen LogP) is 17.5. The molecular formula is C64H101NO7. The summed E-state index contributed by atoms with van der Waals surface area (Å²) in [5.74, 6) is 0.0763. The summed E-state index contributed by atoms with van der Waals surface area (Å²) in [5, 5.41) is 24.4. The summed E-state index contributed by atoms with van der Waals surface area (Å²) in [5.41, 5.74) is 3.05. The van der Waals surface area contributed by atoms with Crippen molar-refractivity contribution in [2.45, 2.75) is 265 Å². The maximum absolute atomic E-state index is 14.5. The number of carbonyl (C=O) groups excluding carboxylic acids is 1. The summed E-state index contributed by atoms with van der Waals surface area (Å²) in [7, 11) is 0. The van der Waals surface area contributed by atoms with Gasteiger partial charge in [-0.25, -0.2) is 4.79 Å². The third-order valence-corrected chi connectivity index (χ3v) is 15.2. The predicted molar refractivity (Wildman–Crippen MR) is 299 cm³/mol. The highest BCUT2D eigenvalue weighted by atomic mass is 16.5. The molecule has 0 atom stereocenters. The molecule has 1 aliphatic heterocycles. The number of carboxylic acid groups (broad SMARTS) is 1. The largest absolute Gasteiger partial charge is 0.871 e. The van der Waals surface area contributed by atoms with Crippen LogP contribution in [0, 0.1) is 0 Å². The third-order valence-electron chi connectivity index (χ3n) is 15.2. The number of rotatable bonds is 44. The van der Waals surface area contributed by atoms with Crippen LogP contribution in [0.2, 0.25) is 0 Å². The number of nitrogens with zero attached hydrogens (tertiary/aromatic N) is 1. The fourth-order valence-electron chi connectivity index (χ4n) is 10.5. The Labute approximate surface area is 438 Å². The molecule has 0 saturated carbocycles. The first kappa shape index (κ1) is 60.5. The summed E-state index contributed by atoms with van der Waals surface area (Å²) >= 11 is 0. The molecule has 2 aromatic rings. The van der Waals surface area contributed by atoms with E-state index in [9.17, 15) is 19.8 Å². The Morgan fingerprint density at radius 3 is 1.35 bits per heavy atom. The Bertz CT molecular complexity index is 1940. The van der Waals surface area contributed by atoms with Crippen LogP contribution in [-0.2, 0) is 10.2 Å². The molecule has 0 saturated heterocycles. The van der Waals surface area contributed by atoms with Gasteiger partial charge < -0.3 is 24.4 Å². The number of carboxylic acids is 1. The molecule has 0 amide bonds. The average Bonchev–Trinajstić information content (AvgIpc) is 3.58. The molecule has 0 bridgehead atoms. The van der Waals surface area contributed by atoms with E-state index in [4.69, 9.17) is 14.2 Å². The summed E-state index contributed by atoms with van der Waals surface area (Å²) in [4.78, 5) is 26.5. The van der Waals surface area contributed by atoms with Crippen molar-refractivity contribution >= 4 is 28.7 Å². The number of ketones is 1. The van der Waals surface area contributed by atoms with Crippen LogP contribution in [0.25, 0.3) is 5.57 Å². The minimum absolute atomic E-state index is 0.145. The maximum Gasteiger partial charge on any atom is 0.335 e. The molecule has 8 nitrogen and oxygen atoms in total. The Morgan fingerprint density at radius 2 is 0.944 bits per heavy atom. The molecule has 72 heavy (non-hydrogen) atoms. The van der Waals surface area contributed by atoms with Crippen molar-refractivity contribution in [1.29, 1.82) is 0 Å². The van der Waals surface area contributed by atoms with E-state index in [1.807, 2.05) is 18.2 Å². The minimum atomic E-state index is -0.979. The molecule has 1 N–H and O–H groups in total. The number of unbranched alkanes of at least 4 members (excludes halogenated alkanes) is 30. The molecule has 404 valence electrons. The van der Waals surface area contributed by atoms with Crippen molar-refractivity contribution < 1.29 is 38.6 Å². The van der Waals surface area contributed by atoms with Crippen molar-refractivity contribution in [3.8, 4) is 17.2 Å².